The van der Waals surface area contributed by atoms with Crippen molar-refractivity contribution in [3.63, 3.8) is 0 Å². The van der Waals surface area contributed by atoms with E-state index in [0.717, 1.165) is 0 Å². The van der Waals surface area contributed by atoms with E-state index >= 15 is 0 Å². The monoisotopic (exact) mass is 168 g/mol. The van der Waals surface area contributed by atoms with Gasteiger partial charge in [0.15, 0.2) is 0 Å². The summed E-state index contributed by atoms with van der Waals surface area (Å²) in [5.74, 6) is -0.322. The molecule has 2 aliphatic rings. The van der Waals surface area contributed by atoms with Crippen molar-refractivity contribution < 1.29 is 14.3 Å². The second kappa shape index (κ2) is 2.23. The van der Waals surface area contributed by atoms with Gasteiger partial charge in [0.05, 0.1) is 17.8 Å². The molecule has 64 valence electrons. The highest BCUT2D eigenvalue weighted by Crippen LogP contribution is 2.20. The van der Waals surface area contributed by atoms with E-state index in [9.17, 15) is 9.59 Å². The molecule has 2 rings (SSSR count). The van der Waals surface area contributed by atoms with Crippen LogP contribution in [0.4, 0.5) is 4.79 Å². The Hall–Kier alpha value is -1.52. The lowest BCUT2D eigenvalue weighted by Gasteiger charge is -2.23. The van der Waals surface area contributed by atoms with Gasteiger partial charge in [-0.2, -0.15) is 0 Å². The number of likely N-dealkylation sites (N-methyl/N-ethyl adjacent to an activating group) is 1. The number of amides is 2. The van der Waals surface area contributed by atoms with Crippen molar-refractivity contribution in [3.05, 3.63) is 11.3 Å². The zero-order valence-corrected chi connectivity index (χ0v) is 6.59. The number of urea groups is 1. The Kier molecular flexibility index (Phi) is 1.33. The smallest absolute Gasteiger partial charge is 0.338 e. The molecule has 0 spiro atoms. The van der Waals surface area contributed by atoms with Gasteiger partial charge < -0.3 is 10.1 Å². The molecule has 0 fully saturated rings. The minimum atomic E-state index is -0.322. The van der Waals surface area contributed by atoms with Crippen LogP contribution < -0.4 is 5.32 Å². The largest absolute Gasteiger partial charge is 0.456 e. The fourth-order valence-corrected chi connectivity index (χ4v) is 1.30. The van der Waals surface area contributed by atoms with Crippen LogP contribution >= 0.6 is 0 Å². The van der Waals surface area contributed by atoms with Crippen molar-refractivity contribution in [2.75, 3.05) is 20.2 Å². The van der Waals surface area contributed by atoms with Crippen molar-refractivity contribution in [2.24, 2.45) is 0 Å². The number of carbonyl (C=O) groups is 2. The maximum Gasteiger partial charge on any atom is 0.338 e. The van der Waals surface area contributed by atoms with E-state index in [2.05, 4.69) is 5.32 Å². The van der Waals surface area contributed by atoms with Gasteiger partial charge in [0.1, 0.15) is 6.61 Å². The molecule has 0 aromatic carbocycles. The van der Waals surface area contributed by atoms with E-state index in [0.29, 0.717) is 11.3 Å². The Morgan fingerprint density at radius 1 is 1.50 bits per heavy atom. The maximum atomic E-state index is 11.1. The second-order valence-corrected chi connectivity index (χ2v) is 2.72. The molecule has 1 N–H and O–H groups in total. The van der Waals surface area contributed by atoms with Gasteiger partial charge in [0.25, 0.3) is 0 Å². The number of cyclic esters (lactones) is 1. The molecular formula is C7H8N2O3. The lowest BCUT2D eigenvalue weighted by molar-refractivity contribution is -0.136. The Morgan fingerprint density at radius 2 is 2.25 bits per heavy atom. The predicted molar refractivity (Wildman–Crippen MR) is 39.1 cm³/mol. The summed E-state index contributed by atoms with van der Waals surface area (Å²) in [6, 6.07) is -0.188. The van der Waals surface area contributed by atoms with Gasteiger partial charge in [-0.05, 0) is 0 Å². The normalized spacial score (nSPS) is 22.2. The third-order valence-electron chi connectivity index (χ3n) is 2.06. The van der Waals surface area contributed by atoms with Gasteiger partial charge in [-0.1, -0.05) is 0 Å². The lowest BCUT2D eigenvalue weighted by Crippen LogP contribution is -2.43. The molecule has 5 heteroatoms. The van der Waals surface area contributed by atoms with Gasteiger partial charge in [-0.15, -0.1) is 0 Å². The van der Waals surface area contributed by atoms with Crippen LogP contribution in [0.5, 0.6) is 0 Å². The second-order valence-electron chi connectivity index (χ2n) is 2.72. The summed E-state index contributed by atoms with van der Waals surface area (Å²) >= 11 is 0. The Labute approximate surface area is 69.0 Å². The Morgan fingerprint density at radius 3 is 3.00 bits per heavy atom. The molecule has 0 unspecified atom stereocenters. The number of esters is 1. The van der Waals surface area contributed by atoms with Crippen LogP contribution in [0.15, 0.2) is 11.3 Å². The van der Waals surface area contributed by atoms with Crippen LogP contribution in [0.25, 0.3) is 0 Å². The molecule has 2 aliphatic heterocycles. The van der Waals surface area contributed by atoms with E-state index in [-0.39, 0.29) is 25.2 Å². The lowest BCUT2D eigenvalue weighted by atomic mass is 10.2. The number of nitrogens with zero attached hydrogens (tertiary/aromatic N) is 1. The summed E-state index contributed by atoms with van der Waals surface area (Å²) in [5.41, 5.74) is 1.25. The molecule has 0 aromatic rings. The van der Waals surface area contributed by atoms with Crippen molar-refractivity contribution in [1.29, 1.82) is 0 Å². The summed E-state index contributed by atoms with van der Waals surface area (Å²) in [6.07, 6.45) is 0. The van der Waals surface area contributed by atoms with E-state index in [4.69, 9.17) is 4.74 Å². The number of rotatable bonds is 0. The number of hydrogen-bond donors (Lipinski definition) is 1. The van der Waals surface area contributed by atoms with Crippen LogP contribution in [0.2, 0.25) is 0 Å². The molecule has 0 radical (unpaired) electrons. The summed E-state index contributed by atoms with van der Waals surface area (Å²) < 4.78 is 4.77. The van der Waals surface area contributed by atoms with E-state index in [1.807, 2.05) is 0 Å². The summed E-state index contributed by atoms with van der Waals surface area (Å²) in [7, 11) is 1.62. The summed E-state index contributed by atoms with van der Waals surface area (Å²) in [4.78, 5) is 23.5. The third-order valence-corrected chi connectivity index (χ3v) is 2.06. The first kappa shape index (κ1) is 7.15. The molecular weight excluding hydrogens is 160 g/mol. The molecule has 0 aliphatic carbocycles. The molecule has 5 nitrogen and oxygen atoms in total. The topological polar surface area (TPSA) is 58.6 Å². The molecule has 0 atom stereocenters. The molecule has 0 saturated heterocycles. The highest BCUT2D eigenvalue weighted by atomic mass is 16.5. The minimum absolute atomic E-state index is 0.188. The first-order valence-corrected chi connectivity index (χ1v) is 3.61. The zero-order chi connectivity index (χ0) is 8.72. The third kappa shape index (κ3) is 0.792. The van der Waals surface area contributed by atoms with Gasteiger partial charge >= 0.3 is 12.0 Å². The van der Waals surface area contributed by atoms with E-state index in [1.165, 1.54) is 4.90 Å². The minimum Gasteiger partial charge on any atom is -0.456 e. The summed E-state index contributed by atoms with van der Waals surface area (Å²) in [6.45, 7) is 0.509. The van der Waals surface area contributed by atoms with Gasteiger partial charge in [0, 0.05) is 7.05 Å². The molecule has 0 aromatic heterocycles. The number of ether oxygens (including phenoxy) is 1. The summed E-state index contributed by atoms with van der Waals surface area (Å²) in [5, 5.41) is 2.56. The molecule has 0 bridgehead atoms. The predicted octanol–water partition coefficient (Wildman–Crippen LogP) is -0.548. The standard InChI is InChI=1S/C7H8N2O3/c1-9-5-3-12-6(10)4(5)2-8-7(9)11/h2-3H2,1H3,(H,8,11). The van der Waals surface area contributed by atoms with Crippen molar-refractivity contribution >= 4 is 12.0 Å². The molecule has 2 heterocycles. The van der Waals surface area contributed by atoms with Gasteiger partial charge in [-0.3, -0.25) is 4.90 Å². The molecule has 0 saturated carbocycles. The number of carbonyl (C=O) groups excluding carboxylic acids is 2. The zero-order valence-electron chi connectivity index (χ0n) is 6.59. The first-order chi connectivity index (χ1) is 5.70. The SMILES string of the molecule is CN1C(=O)NCC2=C1COC2=O. The highest BCUT2D eigenvalue weighted by Gasteiger charge is 2.33. The van der Waals surface area contributed by atoms with Crippen molar-refractivity contribution in [1.82, 2.24) is 10.2 Å². The van der Waals surface area contributed by atoms with Crippen LogP contribution in [0, 0.1) is 0 Å². The van der Waals surface area contributed by atoms with Crippen molar-refractivity contribution in [3.8, 4) is 0 Å². The van der Waals surface area contributed by atoms with E-state index < -0.39 is 0 Å². The van der Waals surface area contributed by atoms with Crippen LogP contribution in [-0.2, 0) is 9.53 Å². The maximum absolute atomic E-state index is 11.1. The number of hydrogen-bond acceptors (Lipinski definition) is 3. The average molecular weight is 168 g/mol. The molecule has 2 amide bonds. The Bertz CT molecular complexity index is 295. The fraction of sp³-hybridized carbons (Fsp3) is 0.429. The van der Waals surface area contributed by atoms with Gasteiger partial charge in [-0.25, -0.2) is 9.59 Å². The first-order valence-electron chi connectivity index (χ1n) is 3.61. The van der Waals surface area contributed by atoms with Crippen molar-refractivity contribution in [2.45, 2.75) is 0 Å². The highest BCUT2D eigenvalue weighted by molar-refractivity contribution is 5.95. The average Bonchev–Trinajstić information content (AvgIpc) is 2.41. The van der Waals surface area contributed by atoms with Crippen LogP contribution in [0.1, 0.15) is 0 Å². The molecule has 12 heavy (non-hydrogen) atoms. The number of nitrogens with one attached hydrogen (secondary N) is 1. The fourth-order valence-electron chi connectivity index (χ4n) is 1.30. The Balaban J connectivity index is 2.38. The quantitative estimate of drug-likeness (QED) is 0.494. The van der Waals surface area contributed by atoms with Gasteiger partial charge in [0.2, 0.25) is 0 Å². The van der Waals surface area contributed by atoms with Crippen LogP contribution in [0.3, 0.4) is 0 Å². The van der Waals surface area contributed by atoms with E-state index in [1.54, 1.807) is 7.05 Å². The van der Waals surface area contributed by atoms with Crippen LogP contribution in [-0.4, -0.2) is 37.1 Å².